The first-order valence-electron chi connectivity index (χ1n) is 8.20. The molecule has 0 saturated heterocycles. The second kappa shape index (κ2) is 8.09. The van der Waals surface area contributed by atoms with E-state index in [1.165, 1.54) is 11.8 Å². The summed E-state index contributed by atoms with van der Waals surface area (Å²) >= 11 is 6.20. The Morgan fingerprint density at radius 3 is 2.63 bits per heavy atom. The van der Waals surface area contributed by atoms with Crippen LogP contribution in [0.5, 0.6) is 11.6 Å². The van der Waals surface area contributed by atoms with Gasteiger partial charge in [-0.15, -0.1) is 5.10 Å². The van der Waals surface area contributed by atoms with Gasteiger partial charge in [0.2, 0.25) is 11.6 Å². The summed E-state index contributed by atoms with van der Waals surface area (Å²) in [5, 5.41) is 11.4. The number of rotatable bonds is 6. The molecule has 27 heavy (non-hydrogen) atoms. The largest absolute Gasteiger partial charge is 0.497 e. The van der Waals surface area contributed by atoms with E-state index < -0.39 is 5.91 Å². The van der Waals surface area contributed by atoms with Crippen LogP contribution in [0.2, 0.25) is 5.02 Å². The number of halogens is 1. The number of carbonyl (C=O) groups is 1. The van der Waals surface area contributed by atoms with E-state index in [-0.39, 0.29) is 11.6 Å². The van der Waals surface area contributed by atoms with Gasteiger partial charge in [-0.3, -0.25) is 4.79 Å². The fraction of sp³-hybridized carbons (Fsp3) is 0.211. The second-order valence-corrected chi connectivity index (χ2v) is 6.24. The Bertz CT molecular complexity index is 971. The van der Waals surface area contributed by atoms with E-state index in [0.29, 0.717) is 23.0 Å². The maximum Gasteiger partial charge on any atom is 0.281 e. The normalized spacial score (nSPS) is 10.5. The average molecular weight is 387 g/mol. The number of nitrogens with one attached hydrogen (secondary N) is 1. The number of ether oxygens (including phenoxy) is 2. The van der Waals surface area contributed by atoms with Crippen LogP contribution < -0.4 is 14.8 Å². The fourth-order valence-corrected chi connectivity index (χ4v) is 2.82. The van der Waals surface area contributed by atoms with Gasteiger partial charge < -0.3 is 14.8 Å². The predicted molar refractivity (Wildman–Crippen MR) is 103 cm³/mol. The molecular formula is C19H19ClN4O3. The van der Waals surface area contributed by atoms with E-state index in [2.05, 4.69) is 15.6 Å². The van der Waals surface area contributed by atoms with Crippen molar-refractivity contribution in [1.29, 1.82) is 0 Å². The number of hydrogen-bond acceptors (Lipinski definition) is 5. The molecule has 3 rings (SSSR count). The van der Waals surface area contributed by atoms with Crippen molar-refractivity contribution >= 4 is 23.2 Å². The SMILES string of the molecule is COc1ccc(NC(=O)c2nnn(Cc3ccccc3Cl)c2OC)c(C)c1. The minimum atomic E-state index is -0.412. The van der Waals surface area contributed by atoms with E-state index in [1.54, 1.807) is 25.3 Å². The lowest BCUT2D eigenvalue weighted by molar-refractivity contribution is 0.101. The average Bonchev–Trinajstić information content (AvgIpc) is 3.08. The van der Waals surface area contributed by atoms with E-state index in [4.69, 9.17) is 21.1 Å². The van der Waals surface area contributed by atoms with Crippen molar-refractivity contribution in [1.82, 2.24) is 15.0 Å². The summed E-state index contributed by atoms with van der Waals surface area (Å²) in [5.41, 5.74) is 2.47. The molecule has 0 aliphatic heterocycles. The van der Waals surface area contributed by atoms with Gasteiger partial charge in [0.15, 0.2) is 0 Å². The van der Waals surface area contributed by atoms with Crippen LogP contribution in [0.3, 0.4) is 0 Å². The predicted octanol–water partition coefficient (Wildman–Crippen LogP) is 3.56. The van der Waals surface area contributed by atoms with Gasteiger partial charge in [0.05, 0.1) is 20.8 Å². The van der Waals surface area contributed by atoms with E-state index in [1.807, 2.05) is 31.2 Å². The zero-order chi connectivity index (χ0) is 19.4. The van der Waals surface area contributed by atoms with Gasteiger partial charge in [-0.25, -0.2) is 4.68 Å². The number of benzene rings is 2. The molecule has 2 aromatic carbocycles. The van der Waals surface area contributed by atoms with E-state index in [0.717, 1.165) is 11.1 Å². The lowest BCUT2D eigenvalue weighted by atomic mass is 10.2. The Morgan fingerprint density at radius 2 is 1.96 bits per heavy atom. The van der Waals surface area contributed by atoms with Crippen LogP contribution in [-0.4, -0.2) is 35.1 Å². The molecule has 3 aromatic rings. The van der Waals surface area contributed by atoms with Crippen molar-refractivity contribution in [2.75, 3.05) is 19.5 Å². The lowest BCUT2D eigenvalue weighted by Crippen LogP contribution is -2.15. The van der Waals surface area contributed by atoms with Gasteiger partial charge in [0.1, 0.15) is 5.75 Å². The van der Waals surface area contributed by atoms with Gasteiger partial charge in [-0.05, 0) is 42.3 Å². The van der Waals surface area contributed by atoms with Gasteiger partial charge in [-0.1, -0.05) is 35.0 Å². The van der Waals surface area contributed by atoms with Crippen molar-refractivity contribution in [2.24, 2.45) is 0 Å². The molecule has 0 spiro atoms. The van der Waals surface area contributed by atoms with Crippen LogP contribution in [0.25, 0.3) is 0 Å². The van der Waals surface area contributed by atoms with Crippen LogP contribution in [0, 0.1) is 6.92 Å². The second-order valence-electron chi connectivity index (χ2n) is 5.83. The molecule has 1 amide bonds. The molecule has 140 valence electrons. The first-order valence-corrected chi connectivity index (χ1v) is 8.58. The zero-order valence-corrected chi connectivity index (χ0v) is 15.9. The van der Waals surface area contributed by atoms with Crippen molar-refractivity contribution in [2.45, 2.75) is 13.5 Å². The highest BCUT2D eigenvalue weighted by atomic mass is 35.5. The maximum absolute atomic E-state index is 12.7. The summed E-state index contributed by atoms with van der Waals surface area (Å²) < 4.78 is 12.0. The van der Waals surface area contributed by atoms with Crippen LogP contribution in [-0.2, 0) is 6.54 Å². The summed E-state index contributed by atoms with van der Waals surface area (Å²) in [4.78, 5) is 12.7. The van der Waals surface area contributed by atoms with E-state index in [9.17, 15) is 4.79 Å². The molecule has 7 nitrogen and oxygen atoms in total. The maximum atomic E-state index is 12.7. The third kappa shape index (κ3) is 4.03. The Balaban J connectivity index is 1.83. The monoisotopic (exact) mass is 386 g/mol. The number of nitrogens with zero attached hydrogens (tertiary/aromatic N) is 3. The smallest absolute Gasteiger partial charge is 0.281 e. The first kappa shape index (κ1) is 18.7. The van der Waals surface area contributed by atoms with Crippen molar-refractivity contribution < 1.29 is 14.3 Å². The van der Waals surface area contributed by atoms with Gasteiger partial charge in [0, 0.05) is 10.7 Å². The Morgan fingerprint density at radius 1 is 1.19 bits per heavy atom. The van der Waals surface area contributed by atoms with E-state index >= 15 is 0 Å². The molecule has 1 N–H and O–H groups in total. The number of anilines is 1. The van der Waals surface area contributed by atoms with Crippen LogP contribution >= 0.6 is 11.6 Å². The number of aryl methyl sites for hydroxylation is 1. The summed E-state index contributed by atoms with van der Waals surface area (Å²) in [6, 6.07) is 12.8. The molecular weight excluding hydrogens is 368 g/mol. The fourth-order valence-electron chi connectivity index (χ4n) is 2.63. The number of hydrogen-bond donors (Lipinski definition) is 1. The Hall–Kier alpha value is -3.06. The summed E-state index contributed by atoms with van der Waals surface area (Å²) in [6.45, 7) is 2.22. The van der Waals surface area contributed by atoms with Crippen LogP contribution in [0.15, 0.2) is 42.5 Å². The van der Waals surface area contributed by atoms with Crippen molar-refractivity contribution in [3.05, 3.63) is 64.3 Å². The molecule has 0 unspecified atom stereocenters. The van der Waals surface area contributed by atoms with Crippen molar-refractivity contribution in [3.8, 4) is 11.6 Å². The first-order chi connectivity index (χ1) is 13.0. The minimum absolute atomic E-state index is 0.0970. The molecule has 0 radical (unpaired) electrons. The molecule has 1 aromatic heterocycles. The summed E-state index contributed by atoms with van der Waals surface area (Å²) in [7, 11) is 3.06. The highest BCUT2D eigenvalue weighted by Gasteiger charge is 2.22. The summed E-state index contributed by atoms with van der Waals surface area (Å²) in [5.74, 6) is 0.567. The Kier molecular flexibility index (Phi) is 5.61. The molecule has 0 bridgehead atoms. The molecule has 0 aliphatic rings. The number of amides is 1. The minimum Gasteiger partial charge on any atom is -0.497 e. The summed E-state index contributed by atoms with van der Waals surface area (Å²) in [6.07, 6.45) is 0. The quantitative estimate of drug-likeness (QED) is 0.700. The lowest BCUT2D eigenvalue weighted by Gasteiger charge is -2.10. The van der Waals surface area contributed by atoms with Crippen LogP contribution in [0.1, 0.15) is 21.6 Å². The molecule has 0 atom stereocenters. The number of aromatic nitrogens is 3. The van der Waals surface area contributed by atoms with Gasteiger partial charge in [-0.2, -0.15) is 0 Å². The van der Waals surface area contributed by atoms with Crippen LogP contribution in [0.4, 0.5) is 5.69 Å². The number of carbonyl (C=O) groups excluding carboxylic acids is 1. The molecule has 0 saturated carbocycles. The topological polar surface area (TPSA) is 78.3 Å². The molecule has 8 heteroatoms. The third-order valence-electron chi connectivity index (χ3n) is 4.06. The third-order valence-corrected chi connectivity index (χ3v) is 4.43. The highest BCUT2D eigenvalue weighted by Crippen LogP contribution is 2.24. The van der Waals surface area contributed by atoms with Crippen molar-refractivity contribution in [3.63, 3.8) is 0 Å². The zero-order valence-electron chi connectivity index (χ0n) is 15.2. The molecule has 0 aliphatic carbocycles. The molecule has 1 heterocycles. The standard InChI is InChI=1S/C19H19ClN4O3/c1-12-10-14(26-2)8-9-16(12)21-18(25)17-19(27-3)24(23-22-17)11-13-6-4-5-7-15(13)20/h4-10H,11H2,1-3H3,(H,21,25). The van der Waals surface area contributed by atoms with Gasteiger partial charge in [0.25, 0.3) is 5.91 Å². The van der Waals surface area contributed by atoms with Gasteiger partial charge >= 0.3 is 0 Å². The number of methoxy groups -OCH3 is 2. The molecule has 0 fully saturated rings. The Labute approximate surface area is 161 Å². The highest BCUT2D eigenvalue weighted by molar-refractivity contribution is 6.31.